The third-order valence-corrected chi connectivity index (χ3v) is 2.80. The topological polar surface area (TPSA) is 38.7 Å². The second-order valence-electron chi connectivity index (χ2n) is 4.25. The molecule has 0 saturated carbocycles. The Balaban J connectivity index is 2.23. The van der Waals surface area contributed by atoms with Crippen LogP contribution in [0.25, 0.3) is 0 Å². The molecule has 0 aliphatic heterocycles. The van der Waals surface area contributed by atoms with E-state index >= 15 is 0 Å². The molecule has 2 aromatic rings. The van der Waals surface area contributed by atoms with Gasteiger partial charge in [-0.15, -0.1) is 0 Å². The first-order chi connectivity index (χ1) is 9.81. The summed E-state index contributed by atoms with van der Waals surface area (Å²) in [5, 5.41) is 0. The van der Waals surface area contributed by atoms with E-state index in [1.54, 1.807) is 13.1 Å². The number of carbonyl (C=O) groups is 1. The molecule has 0 amide bonds. The fraction of sp³-hybridized carbons (Fsp3) is 0.176. The molecule has 3 nitrogen and oxygen atoms in total. The Morgan fingerprint density at radius 2 is 1.70 bits per heavy atom. The lowest BCUT2D eigenvalue weighted by Gasteiger charge is -2.11. The molecule has 0 saturated heterocycles. The van der Waals surface area contributed by atoms with E-state index in [0.29, 0.717) is 6.61 Å². The van der Waals surface area contributed by atoms with Crippen molar-refractivity contribution in [1.29, 1.82) is 0 Å². The molecule has 3 heteroatoms. The molecule has 102 valence electrons. The zero-order valence-electron chi connectivity index (χ0n) is 11.4. The van der Waals surface area contributed by atoms with Gasteiger partial charge in [0.2, 0.25) is 0 Å². The van der Waals surface area contributed by atoms with Crippen molar-refractivity contribution in [2.24, 2.45) is 4.99 Å². The summed E-state index contributed by atoms with van der Waals surface area (Å²) in [6.45, 7) is 2.14. The SMILES string of the molecule is CCOC(=O)[C@H](N=Cc1ccccc1)c1ccccc1. The molecule has 2 aromatic carbocycles. The van der Waals surface area contributed by atoms with Gasteiger partial charge in [-0.2, -0.15) is 0 Å². The third-order valence-electron chi connectivity index (χ3n) is 2.80. The second-order valence-corrected chi connectivity index (χ2v) is 4.25. The molecule has 0 bridgehead atoms. The Kier molecular flexibility index (Phi) is 5.07. The molecule has 0 aliphatic rings. The largest absolute Gasteiger partial charge is 0.464 e. The van der Waals surface area contributed by atoms with E-state index < -0.39 is 6.04 Å². The molecule has 0 spiro atoms. The highest BCUT2D eigenvalue weighted by Crippen LogP contribution is 2.19. The zero-order chi connectivity index (χ0) is 14.2. The van der Waals surface area contributed by atoms with Crippen LogP contribution in [-0.4, -0.2) is 18.8 Å². The van der Waals surface area contributed by atoms with E-state index in [1.165, 1.54) is 0 Å². The number of hydrogen-bond acceptors (Lipinski definition) is 3. The first-order valence-electron chi connectivity index (χ1n) is 6.61. The highest BCUT2D eigenvalue weighted by Gasteiger charge is 2.19. The molecule has 0 heterocycles. The van der Waals surface area contributed by atoms with Crippen LogP contribution in [0.5, 0.6) is 0 Å². The Hall–Kier alpha value is -2.42. The van der Waals surface area contributed by atoms with Gasteiger partial charge in [0.15, 0.2) is 6.04 Å². The first kappa shape index (κ1) is 14.0. The van der Waals surface area contributed by atoms with Crippen molar-refractivity contribution in [2.45, 2.75) is 13.0 Å². The highest BCUT2D eigenvalue weighted by molar-refractivity contribution is 5.84. The van der Waals surface area contributed by atoms with Crippen LogP contribution in [0.4, 0.5) is 0 Å². The van der Waals surface area contributed by atoms with E-state index in [2.05, 4.69) is 4.99 Å². The molecular weight excluding hydrogens is 250 g/mol. The van der Waals surface area contributed by atoms with Gasteiger partial charge >= 0.3 is 5.97 Å². The second kappa shape index (κ2) is 7.24. The normalized spacial score (nSPS) is 12.2. The van der Waals surface area contributed by atoms with Crippen molar-refractivity contribution >= 4 is 12.2 Å². The van der Waals surface area contributed by atoms with Crippen LogP contribution >= 0.6 is 0 Å². The minimum atomic E-state index is -0.614. The molecule has 0 aromatic heterocycles. The lowest BCUT2D eigenvalue weighted by atomic mass is 10.1. The maximum Gasteiger partial charge on any atom is 0.335 e. The van der Waals surface area contributed by atoms with Gasteiger partial charge in [0.25, 0.3) is 0 Å². The van der Waals surface area contributed by atoms with Crippen LogP contribution in [0.2, 0.25) is 0 Å². The van der Waals surface area contributed by atoms with Gasteiger partial charge < -0.3 is 4.74 Å². The maximum atomic E-state index is 12.0. The van der Waals surface area contributed by atoms with Crippen molar-refractivity contribution in [2.75, 3.05) is 6.61 Å². The quantitative estimate of drug-likeness (QED) is 0.615. The maximum absolute atomic E-state index is 12.0. The number of hydrogen-bond donors (Lipinski definition) is 0. The van der Waals surface area contributed by atoms with Crippen LogP contribution in [0.15, 0.2) is 65.7 Å². The average Bonchev–Trinajstić information content (AvgIpc) is 2.50. The fourth-order valence-corrected chi connectivity index (χ4v) is 1.84. The molecule has 20 heavy (non-hydrogen) atoms. The van der Waals surface area contributed by atoms with E-state index in [-0.39, 0.29) is 5.97 Å². The standard InChI is InChI=1S/C17H17NO2/c1-2-20-17(19)16(15-11-7-4-8-12-15)18-13-14-9-5-3-6-10-14/h3-13,16H,2H2,1H3/t16-/m1/s1. The minimum Gasteiger partial charge on any atom is -0.464 e. The van der Waals surface area contributed by atoms with Crippen LogP contribution in [-0.2, 0) is 9.53 Å². The van der Waals surface area contributed by atoms with Crippen molar-refractivity contribution in [3.63, 3.8) is 0 Å². The summed E-state index contributed by atoms with van der Waals surface area (Å²) in [4.78, 5) is 16.4. The van der Waals surface area contributed by atoms with Crippen LogP contribution in [0, 0.1) is 0 Å². The molecule has 2 rings (SSSR count). The number of nitrogens with zero attached hydrogens (tertiary/aromatic N) is 1. The number of ether oxygens (including phenoxy) is 1. The minimum absolute atomic E-state index is 0.328. The molecular formula is C17H17NO2. The van der Waals surface area contributed by atoms with Crippen molar-refractivity contribution in [3.05, 3.63) is 71.8 Å². The number of esters is 1. The van der Waals surface area contributed by atoms with Gasteiger partial charge in [0.05, 0.1) is 6.61 Å². The van der Waals surface area contributed by atoms with Gasteiger partial charge in [-0.25, -0.2) is 4.79 Å². The van der Waals surface area contributed by atoms with E-state index in [0.717, 1.165) is 11.1 Å². The van der Waals surface area contributed by atoms with Gasteiger partial charge in [-0.3, -0.25) is 4.99 Å². The van der Waals surface area contributed by atoms with Gasteiger partial charge in [-0.05, 0) is 18.1 Å². The molecule has 1 atom stereocenters. The third kappa shape index (κ3) is 3.79. The highest BCUT2D eigenvalue weighted by atomic mass is 16.5. The summed E-state index contributed by atoms with van der Waals surface area (Å²) in [7, 11) is 0. The fourth-order valence-electron chi connectivity index (χ4n) is 1.84. The predicted molar refractivity (Wildman–Crippen MR) is 79.9 cm³/mol. The average molecular weight is 267 g/mol. The van der Waals surface area contributed by atoms with Crippen LogP contribution in [0.3, 0.4) is 0 Å². The zero-order valence-corrected chi connectivity index (χ0v) is 11.4. The lowest BCUT2D eigenvalue weighted by molar-refractivity contribution is -0.144. The number of rotatable bonds is 5. The molecule has 0 unspecified atom stereocenters. The Morgan fingerprint density at radius 1 is 1.10 bits per heavy atom. The summed E-state index contributed by atoms with van der Waals surface area (Å²) >= 11 is 0. The van der Waals surface area contributed by atoms with Gasteiger partial charge in [0, 0.05) is 6.21 Å². The van der Waals surface area contributed by atoms with Gasteiger partial charge in [-0.1, -0.05) is 60.7 Å². The molecule has 0 radical (unpaired) electrons. The van der Waals surface area contributed by atoms with Crippen molar-refractivity contribution < 1.29 is 9.53 Å². The lowest BCUT2D eigenvalue weighted by Crippen LogP contribution is -2.14. The smallest absolute Gasteiger partial charge is 0.335 e. The Labute approximate surface area is 118 Å². The summed E-state index contributed by atoms with van der Waals surface area (Å²) in [6.07, 6.45) is 1.70. The van der Waals surface area contributed by atoms with E-state index in [1.807, 2.05) is 60.7 Å². The predicted octanol–water partition coefficient (Wildman–Crippen LogP) is 3.41. The number of carbonyl (C=O) groups excluding carboxylic acids is 1. The molecule has 0 fully saturated rings. The van der Waals surface area contributed by atoms with Crippen molar-refractivity contribution in [1.82, 2.24) is 0 Å². The summed E-state index contributed by atoms with van der Waals surface area (Å²) in [5.41, 5.74) is 1.79. The van der Waals surface area contributed by atoms with E-state index in [9.17, 15) is 4.79 Å². The summed E-state index contributed by atoms with van der Waals surface area (Å²) < 4.78 is 5.09. The summed E-state index contributed by atoms with van der Waals surface area (Å²) in [5.74, 6) is -0.328. The van der Waals surface area contributed by atoms with Crippen LogP contribution < -0.4 is 0 Å². The number of aliphatic imine (C=N–C) groups is 1. The monoisotopic (exact) mass is 267 g/mol. The van der Waals surface area contributed by atoms with Crippen LogP contribution in [0.1, 0.15) is 24.1 Å². The first-order valence-corrected chi connectivity index (χ1v) is 6.61. The Morgan fingerprint density at radius 3 is 2.30 bits per heavy atom. The van der Waals surface area contributed by atoms with Gasteiger partial charge in [0.1, 0.15) is 0 Å². The Bertz CT molecular complexity index is 564. The number of benzene rings is 2. The molecule has 0 aliphatic carbocycles. The summed E-state index contributed by atoms with van der Waals surface area (Å²) in [6, 6.07) is 18.5. The molecule has 0 N–H and O–H groups in total. The van der Waals surface area contributed by atoms with Crippen molar-refractivity contribution in [3.8, 4) is 0 Å². The van der Waals surface area contributed by atoms with E-state index in [4.69, 9.17) is 4.74 Å².